The Labute approximate surface area is 129 Å². The van der Waals surface area contributed by atoms with Gasteiger partial charge in [-0.3, -0.25) is 14.2 Å². The normalized spacial score (nSPS) is 11.1. The summed E-state index contributed by atoms with van der Waals surface area (Å²) < 4.78 is 1.43. The number of aromatic amines is 1. The molecule has 0 aliphatic carbocycles. The maximum absolute atomic E-state index is 12.6. The number of H-pyrrole nitrogens is 1. The number of para-hydroxylation sites is 1. The largest absolute Gasteiger partial charge is 0.481 e. The Bertz CT molecular complexity index is 942. The zero-order valence-electron chi connectivity index (χ0n) is 11.6. The molecule has 2 N–H and O–H groups in total. The maximum atomic E-state index is 12.6. The number of carboxylic acid groups (broad SMARTS) is 1. The Balaban J connectivity index is 2.29. The van der Waals surface area contributed by atoms with Crippen LogP contribution in [0.1, 0.15) is 0 Å². The molecule has 0 unspecified atom stereocenters. The molecule has 0 atom stereocenters. The van der Waals surface area contributed by atoms with E-state index >= 15 is 0 Å². The van der Waals surface area contributed by atoms with Crippen molar-refractivity contribution >= 4 is 39.7 Å². The average molecular weight is 315 g/mol. The second kappa shape index (κ2) is 5.69. The molecule has 0 aliphatic rings. The van der Waals surface area contributed by atoms with E-state index in [9.17, 15) is 9.59 Å². The van der Waals surface area contributed by atoms with Gasteiger partial charge in [0, 0.05) is 17.4 Å². The van der Waals surface area contributed by atoms with Crippen molar-refractivity contribution in [3.8, 4) is 0 Å². The molecule has 0 aliphatic heterocycles. The number of aliphatic carboxylic acids is 1. The van der Waals surface area contributed by atoms with Crippen LogP contribution >= 0.6 is 11.8 Å². The third-order valence-electron chi connectivity index (χ3n) is 3.21. The van der Waals surface area contributed by atoms with Crippen LogP contribution < -0.4 is 5.56 Å². The quantitative estimate of drug-likeness (QED) is 0.428. The van der Waals surface area contributed by atoms with Crippen molar-refractivity contribution in [2.45, 2.75) is 11.7 Å². The Morgan fingerprint density at radius 1 is 1.45 bits per heavy atom. The van der Waals surface area contributed by atoms with Crippen molar-refractivity contribution in [2.75, 3.05) is 5.75 Å². The number of nitrogens with zero attached hydrogens (tertiary/aromatic N) is 2. The Hall–Kier alpha value is -2.54. The molecule has 2 aromatic heterocycles. The molecule has 3 aromatic rings. The SMILES string of the molecule is C=CCn1c(SCC(=O)O)nc2c([nH]c3ccccc32)c1=O. The fourth-order valence-corrected chi connectivity index (χ4v) is 3.02. The monoisotopic (exact) mass is 315 g/mol. The molecule has 0 fully saturated rings. The third kappa shape index (κ3) is 2.39. The van der Waals surface area contributed by atoms with Crippen LogP contribution in [0, 0.1) is 0 Å². The molecule has 6 nitrogen and oxygen atoms in total. The summed E-state index contributed by atoms with van der Waals surface area (Å²) in [5.74, 6) is -1.11. The second-order valence-electron chi connectivity index (χ2n) is 4.68. The number of aromatic nitrogens is 3. The van der Waals surface area contributed by atoms with Gasteiger partial charge in [-0.2, -0.15) is 0 Å². The summed E-state index contributed by atoms with van der Waals surface area (Å²) in [4.78, 5) is 31.0. The molecule has 3 rings (SSSR count). The first-order valence-corrected chi connectivity index (χ1v) is 7.57. The number of fused-ring (bicyclic) bond motifs is 3. The van der Waals surface area contributed by atoms with Crippen molar-refractivity contribution in [1.29, 1.82) is 0 Å². The van der Waals surface area contributed by atoms with Crippen LogP contribution in [0.3, 0.4) is 0 Å². The number of carbonyl (C=O) groups is 1. The first-order chi connectivity index (χ1) is 10.6. The number of hydrogen-bond acceptors (Lipinski definition) is 4. The third-order valence-corrected chi connectivity index (χ3v) is 4.17. The zero-order valence-corrected chi connectivity index (χ0v) is 12.4. The lowest BCUT2D eigenvalue weighted by Gasteiger charge is -2.08. The molecule has 1 aromatic carbocycles. The number of rotatable bonds is 5. The molecule has 112 valence electrons. The minimum absolute atomic E-state index is 0.155. The van der Waals surface area contributed by atoms with E-state index in [-0.39, 0.29) is 17.9 Å². The molecule has 0 amide bonds. The Morgan fingerprint density at radius 3 is 2.95 bits per heavy atom. The summed E-state index contributed by atoms with van der Waals surface area (Å²) >= 11 is 1.03. The number of thioether (sulfide) groups is 1. The highest BCUT2D eigenvalue weighted by atomic mass is 32.2. The molecule has 7 heteroatoms. The summed E-state index contributed by atoms with van der Waals surface area (Å²) in [6.45, 7) is 3.91. The molecule has 0 saturated heterocycles. The lowest BCUT2D eigenvalue weighted by molar-refractivity contribution is -0.133. The average Bonchev–Trinajstić information content (AvgIpc) is 2.87. The fourth-order valence-electron chi connectivity index (χ4n) is 2.30. The molecule has 0 saturated carbocycles. The summed E-state index contributed by atoms with van der Waals surface area (Å²) in [6, 6.07) is 7.50. The number of benzene rings is 1. The molecule has 2 heterocycles. The van der Waals surface area contributed by atoms with Gasteiger partial charge < -0.3 is 10.1 Å². The lowest BCUT2D eigenvalue weighted by Crippen LogP contribution is -2.23. The van der Waals surface area contributed by atoms with Crippen molar-refractivity contribution in [2.24, 2.45) is 0 Å². The van der Waals surface area contributed by atoms with Crippen molar-refractivity contribution in [3.63, 3.8) is 0 Å². The molecular weight excluding hydrogens is 302 g/mol. The van der Waals surface area contributed by atoms with E-state index in [1.165, 1.54) is 4.57 Å². The van der Waals surface area contributed by atoms with Crippen molar-refractivity contribution < 1.29 is 9.90 Å². The van der Waals surface area contributed by atoms with Gasteiger partial charge in [-0.05, 0) is 6.07 Å². The zero-order chi connectivity index (χ0) is 15.7. The Kier molecular flexibility index (Phi) is 3.72. The maximum Gasteiger partial charge on any atom is 0.313 e. The van der Waals surface area contributed by atoms with E-state index in [0.717, 1.165) is 22.7 Å². The molecular formula is C15H13N3O3S. The van der Waals surface area contributed by atoms with Crippen molar-refractivity contribution in [3.05, 3.63) is 47.3 Å². The minimum Gasteiger partial charge on any atom is -0.481 e. The molecule has 0 spiro atoms. The smallest absolute Gasteiger partial charge is 0.313 e. The van der Waals surface area contributed by atoms with Crippen LogP contribution in [0.2, 0.25) is 0 Å². The number of allylic oxidation sites excluding steroid dienone is 1. The topological polar surface area (TPSA) is 88.0 Å². The number of nitrogens with one attached hydrogen (secondary N) is 1. The van der Waals surface area contributed by atoms with E-state index in [2.05, 4.69) is 16.5 Å². The van der Waals surface area contributed by atoms with E-state index in [1.54, 1.807) is 6.08 Å². The summed E-state index contributed by atoms with van der Waals surface area (Å²) in [7, 11) is 0. The first-order valence-electron chi connectivity index (χ1n) is 6.58. The number of carboxylic acids is 1. The van der Waals surface area contributed by atoms with Gasteiger partial charge in [0.15, 0.2) is 5.16 Å². The van der Waals surface area contributed by atoms with Crippen LogP contribution in [0.25, 0.3) is 21.9 Å². The first kappa shape index (κ1) is 14.4. The van der Waals surface area contributed by atoms with Crippen LogP contribution in [0.4, 0.5) is 0 Å². The standard InChI is InChI=1S/C15H13N3O3S/c1-2-7-18-14(21)13-12(17-15(18)22-8-11(19)20)9-5-3-4-6-10(9)16-13/h2-6,16H,1,7-8H2,(H,19,20). The van der Waals surface area contributed by atoms with E-state index in [0.29, 0.717) is 16.2 Å². The van der Waals surface area contributed by atoms with Gasteiger partial charge in [-0.25, -0.2) is 4.98 Å². The predicted molar refractivity (Wildman–Crippen MR) is 86.4 cm³/mol. The lowest BCUT2D eigenvalue weighted by atomic mass is 10.2. The van der Waals surface area contributed by atoms with Gasteiger partial charge in [0.05, 0.1) is 5.75 Å². The van der Waals surface area contributed by atoms with Crippen LogP contribution in [-0.2, 0) is 11.3 Å². The fraction of sp³-hybridized carbons (Fsp3) is 0.133. The van der Waals surface area contributed by atoms with Gasteiger partial charge in [-0.15, -0.1) is 6.58 Å². The van der Waals surface area contributed by atoms with Crippen LogP contribution in [0.5, 0.6) is 0 Å². The van der Waals surface area contributed by atoms with Gasteiger partial charge in [-0.1, -0.05) is 36.0 Å². The summed E-state index contributed by atoms with van der Waals surface area (Å²) in [6.07, 6.45) is 1.59. The van der Waals surface area contributed by atoms with Crippen LogP contribution in [-0.4, -0.2) is 31.4 Å². The highest BCUT2D eigenvalue weighted by Gasteiger charge is 2.15. The van der Waals surface area contributed by atoms with Gasteiger partial charge in [0.1, 0.15) is 11.0 Å². The number of hydrogen-bond donors (Lipinski definition) is 2. The van der Waals surface area contributed by atoms with E-state index in [1.807, 2.05) is 24.3 Å². The van der Waals surface area contributed by atoms with E-state index < -0.39 is 5.97 Å². The van der Waals surface area contributed by atoms with Crippen LogP contribution in [0.15, 0.2) is 46.9 Å². The summed E-state index contributed by atoms with van der Waals surface area (Å²) in [5, 5.41) is 10.1. The highest BCUT2D eigenvalue weighted by Crippen LogP contribution is 2.24. The molecule has 0 bridgehead atoms. The highest BCUT2D eigenvalue weighted by molar-refractivity contribution is 7.99. The predicted octanol–water partition coefficient (Wildman–Crippen LogP) is 2.24. The Morgan fingerprint density at radius 2 is 2.23 bits per heavy atom. The van der Waals surface area contributed by atoms with E-state index in [4.69, 9.17) is 5.11 Å². The second-order valence-corrected chi connectivity index (χ2v) is 5.62. The minimum atomic E-state index is -0.955. The summed E-state index contributed by atoms with van der Waals surface area (Å²) in [5.41, 5.74) is 1.58. The van der Waals surface area contributed by atoms with Crippen molar-refractivity contribution in [1.82, 2.24) is 14.5 Å². The van der Waals surface area contributed by atoms with Gasteiger partial charge in [0.25, 0.3) is 5.56 Å². The van der Waals surface area contributed by atoms with Gasteiger partial charge in [0.2, 0.25) is 0 Å². The van der Waals surface area contributed by atoms with Gasteiger partial charge >= 0.3 is 5.97 Å². The molecule has 0 radical (unpaired) electrons. The molecule has 22 heavy (non-hydrogen) atoms.